The first-order chi connectivity index (χ1) is 8.50. The van der Waals surface area contributed by atoms with Crippen LogP contribution >= 0.6 is 0 Å². The molecule has 0 spiro atoms. The molecule has 0 saturated carbocycles. The van der Waals surface area contributed by atoms with Crippen LogP contribution in [-0.2, 0) is 16.4 Å². The Morgan fingerprint density at radius 1 is 1.11 bits per heavy atom. The van der Waals surface area contributed by atoms with Gasteiger partial charge in [0.25, 0.3) is 0 Å². The highest BCUT2D eigenvalue weighted by atomic mass is 32.2. The Hall–Kier alpha value is -1.72. The number of sulfone groups is 1. The number of benzene rings is 1. The third kappa shape index (κ3) is 2.75. The predicted molar refractivity (Wildman–Crippen MR) is 70.7 cm³/mol. The van der Waals surface area contributed by atoms with E-state index < -0.39 is 9.84 Å². The maximum atomic E-state index is 11.4. The second-order valence-electron chi connectivity index (χ2n) is 4.06. The molecule has 2 aromatic rings. The minimum Gasteiger partial charge on any atom is -0.326 e. The van der Waals surface area contributed by atoms with Gasteiger partial charge in [0.05, 0.1) is 0 Å². The third-order valence-electron chi connectivity index (χ3n) is 2.64. The summed E-state index contributed by atoms with van der Waals surface area (Å²) in [5.74, 6) is 0. The van der Waals surface area contributed by atoms with E-state index in [4.69, 9.17) is 5.73 Å². The van der Waals surface area contributed by atoms with Gasteiger partial charge in [0.2, 0.25) is 0 Å². The number of hydrogen-bond acceptors (Lipinski definition) is 4. The smallest absolute Gasteiger partial charge is 0.192 e. The van der Waals surface area contributed by atoms with Crippen molar-refractivity contribution in [2.24, 2.45) is 5.73 Å². The molecule has 0 aliphatic carbocycles. The van der Waals surface area contributed by atoms with E-state index in [1.165, 1.54) is 6.20 Å². The van der Waals surface area contributed by atoms with E-state index in [0.29, 0.717) is 6.54 Å². The number of rotatable bonds is 3. The molecule has 0 unspecified atom stereocenters. The molecule has 0 amide bonds. The predicted octanol–water partition coefficient (Wildman–Crippen LogP) is 1.61. The van der Waals surface area contributed by atoms with Crippen molar-refractivity contribution in [3.63, 3.8) is 0 Å². The molecular formula is C13H14N2O2S. The Morgan fingerprint density at radius 3 is 2.33 bits per heavy atom. The van der Waals surface area contributed by atoms with Crippen LogP contribution in [0, 0.1) is 0 Å². The van der Waals surface area contributed by atoms with Gasteiger partial charge in [-0.15, -0.1) is 0 Å². The lowest BCUT2D eigenvalue weighted by molar-refractivity contribution is 0.598. The SMILES string of the molecule is CS(=O)(=O)c1cc(-c2ccc(CN)cc2)ccn1. The van der Waals surface area contributed by atoms with Gasteiger partial charge in [0.1, 0.15) is 0 Å². The summed E-state index contributed by atoms with van der Waals surface area (Å²) >= 11 is 0. The monoisotopic (exact) mass is 262 g/mol. The first kappa shape index (κ1) is 12.7. The molecule has 2 rings (SSSR count). The Labute approximate surface area is 106 Å². The molecule has 0 aliphatic heterocycles. The van der Waals surface area contributed by atoms with Gasteiger partial charge in [0.15, 0.2) is 14.9 Å². The van der Waals surface area contributed by atoms with Crippen LogP contribution in [0.3, 0.4) is 0 Å². The second kappa shape index (κ2) is 4.88. The van der Waals surface area contributed by atoms with Crippen LogP contribution in [0.2, 0.25) is 0 Å². The summed E-state index contributed by atoms with van der Waals surface area (Å²) in [6.07, 6.45) is 2.65. The summed E-state index contributed by atoms with van der Waals surface area (Å²) in [6, 6.07) is 11.1. The third-order valence-corrected chi connectivity index (χ3v) is 3.62. The van der Waals surface area contributed by atoms with E-state index in [1.54, 1.807) is 12.1 Å². The van der Waals surface area contributed by atoms with Crippen molar-refractivity contribution < 1.29 is 8.42 Å². The first-order valence-corrected chi connectivity index (χ1v) is 7.35. The van der Waals surface area contributed by atoms with E-state index in [1.807, 2.05) is 24.3 Å². The molecule has 0 bridgehead atoms. The van der Waals surface area contributed by atoms with Gasteiger partial charge < -0.3 is 5.73 Å². The minimum atomic E-state index is -3.28. The highest BCUT2D eigenvalue weighted by Gasteiger charge is 2.09. The molecule has 0 radical (unpaired) electrons. The fraction of sp³-hybridized carbons (Fsp3) is 0.154. The lowest BCUT2D eigenvalue weighted by atomic mass is 10.1. The lowest BCUT2D eigenvalue weighted by Crippen LogP contribution is -2.00. The van der Waals surface area contributed by atoms with E-state index in [2.05, 4.69) is 4.98 Å². The van der Waals surface area contributed by atoms with Gasteiger partial charge in [-0.2, -0.15) is 0 Å². The average Bonchev–Trinajstić information content (AvgIpc) is 2.38. The van der Waals surface area contributed by atoms with Crippen LogP contribution in [0.25, 0.3) is 11.1 Å². The minimum absolute atomic E-state index is 0.0860. The van der Waals surface area contributed by atoms with Crippen molar-refractivity contribution in [3.05, 3.63) is 48.2 Å². The van der Waals surface area contributed by atoms with Gasteiger partial charge in [-0.1, -0.05) is 24.3 Å². The summed E-state index contributed by atoms with van der Waals surface area (Å²) in [4.78, 5) is 3.86. The molecule has 18 heavy (non-hydrogen) atoms. The number of hydrogen-bond donors (Lipinski definition) is 1. The maximum Gasteiger partial charge on any atom is 0.192 e. The number of nitrogens with zero attached hydrogens (tertiary/aromatic N) is 1. The Bertz CT molecular complexity index is 649. The zero-order valence-electron chi connectivity index (χ0n) is 10.00. The zero-order chi connectivity index (χ0) is 13.2. The van der Waals surface area contributed by atoms with Gasteiger partial charge >= 0.3 is 0 Å². The molecular weight excluding hydrogens is 248 g/mol. The topological polar surface area (TPSA) is 73.0 Å². The molecule has 0 aliphatic rings. The van der Waals surface area contributed by atoms with Gasteiger partial charge in [-0.25, -0.2) is 13.4 Å². The van der Waals surface area contributed by atoms with Crippen LogP contribution in [0.5, 0.6) is 0 Å². The Morgan fingerprint density at radius 2 is 1.78 bits per heavy atom. The highest BCUT2D eigenvalue weighted by molar-refractivity contribution is 7.90. The normalized spacial score (nSPS) is 11.4. The van der Waals surface area contributed by atoms with E-state index in [0.717, 1.165) is 22.9 Å². The molecule has 94 valence electrons. The first-order valence-electron chi connectivity index (χ1n) is 5.46. The van der Waals surface area contributed by atoms with Crippen LogP contribution < -0.4 is 5.73 Å². The van der Waals surface area contributed by atoms with Crippen molar-refractivity contribution in [2.75, 3.05) is 6.26 Å². The second-order valence-corrected chi connectivity index (χ2v) is 6.02. The largest absolute Gasteiger partial charge is 0.326 e. The Balaban J connectivity index is 2.44. The number of pyridine rings is 1. The average molecular weight is 262 g/mol. The molecule has 1 heterocycles. The summed E-state index contributed by atoms with van der Waals surface area (Å²) in [5, 5.41) is 0.0860. The van der Waals surface area contributed by atoms with Gasteiger partial charge in [0, 0.05) is 19.0 Å². The number of aromatic nitrogens is 1. The van der Waals surface area contributed by atoms with Crippen molar-refractivity contribution in [1.29, 1.82) is 0 Å². The van der Waals surface area contributed by atoms with Crippen molar-refractivity contribution in [3.8, 4) is 11.1 Å². The number of nitrogens with two attached hydrogens (primary N) is 1. The molecule has 4 nitrogen and oxygen atoms in total. The van der Waals surface area contributed by atoms with Crippen LogP contribution in [0.4, 0.5) is 0 Å². The van der Waals surface area contributed by atoms with Crippen molar-refractivity contribution in [2.45, 2.75) is 11.6 Å². The van der Waals surface area contributed by atoms with E-state index >= 15 is 0 Å². The summed E-state index contributed by atoms with van der Waals surface area (Å²) in [5.41, 5.74) is 8.34. The van der Waals surface area contributed by atoms with Crippen LogP contribution in [0.1, 0.15) is 5.56 Å². The summed E-state index contributed by atoms with van der Waals surface area (Å²) in [6.45, 7) is 0.491. The van der Waals surface area contributed by atoms with Crippen LogP contribution in [0.15, 0.2) is 47.6 Å². The highest BCUT2D eigenvalue weighted by Crippen LogP contribution is 2.21. The van der Waals surface area contributed by atoms with Crippen molar-refractivity contribution >= 4 is 9.84 Å². The standard InChI is InChI=1S/C13H14N2O2S/c1-18(16,17)13-8-12(6-7-15-13)11-4-2-10(9-14)3-5-11/h2-8H,9,14H2,1H3. The Kier molecular flexibility index (Phi) is 3.45. The molecule has 1 aromatic heterocycles. The van der Waals surface area contributed by atoms with Crippen LogP contribution in [-0.4, -0.2) is 19.7 Å². The summed E-state index contributed by atoms with van der Waals surface area (Å²) < 4.78 is 22.9. The fourth-order valence-corrected chi connectivity index (χ4v) is 2.22. The lowest BCUT2D eigenvalue weighted by Gasteiger charge is -2.04. The molecule has 0 fully saturated rings. The van der Waals surface area contributed by atoms with E-state index in [-0.39, 0.29) is 5.03 Å². The molecule has 2 N–H and O–H groups in total. The summed E-state index contributed by atoms with van der Waals surface area (Å²) in [7, 11) is -3.28. The van der Waals surface area contributed by atoms with Gasteiger partial charge in [-0.3, -0.25) is 0 Å². The molecule has 1 aromatic carbocycles. The van der Waals surface area contributed by atoms with Crippen molar-refractivity contribution in [1.82, 2.24) is 4.98 Å². The fourth-order valence-electron chi connectivity index (χ4n) is 1.63. The molecule has 0 atom stereocenters. The van der Waals surface area contributed by atoms with Gasteiger partial charge in [-0.05, 0) is 28.8 Å². The maximum absolute atomic E-state index is 11.4. The molecule has 0 saturated heterocycles. The van der Waals surface area contributed by atoms with E-state index in [9.17, 15) is 8.42 Å². The quantitative estimate of drug-likeness (QED) is 0.912. The zero-order valence-corrected chi connectivity index (χ0v) is 10.8. The molecule has 5 heteroatoms.